The molecule has 0 aromatic heterocycles. The second kappa shape index (κ2) is 20.8. The number of para-hydroxylation sites is 5. The molecule has 10 aliphatic rings. The maximum Gasteiger partial charge on any atom is 0.257 e. The predicted molar refractivity (Wildman–Crippen MR) is 460 cm³/mol. The minimum Gasteiger partial charge on any atom is -0.311 e. The van der Waals surface area contributed by atoms with Crippen molar-refractivity contribution in [2.45, 2.75) is 83.0 Å². The number of nitrogens with zero attached hydrogens (tertiary/aromatic N) is 5. The quantitative estimate of drug-likeness (QED) is 0.154. The van der Waals surface area contributed by atoms with Crippen LogP contribution in [0.25, 0.3) is 44.5 Å². The van der Waals surface area contributed by atoms with E-state index < -0.39 is 10.8 Å². The summed E-state index contributed by atoms with van der Waals surface area (Å²) in [5.41, 5.74) is 50.1. The van der Waals surface area contributed by atoms with Crippen molar-refractivity contribution in [1.29, 1.82) is 0 Å². The first-order valence-corrected chi connectivity index (χ1v) is 39.5. The summed E-state index contributed by atoms with van der Waals surface area (Å²) in [4.78, 5) is 14.1. The van der Waals surface area contributed by atoms with E-state index in [9.17, 15) is 0 Å². The summed E-state index contributed by atoms with van der Waals surface area (Å²) in [6.45, 7) is 19.6. The van der Waals surface area contributed by atoms with Gasteiger partial charge in [0.05, 0.1) is 22.7 Å². The van der Waals surface area contributed by atoms with Gasteiger partial charge in [-0.05, 0) is 223 Å². The SMILES string of the molecule is CC1(C)c2ccccc2-c2cc3c4c(c21)C(c1ccccc1)c1c2c(cc5c1C(C)(C)c1ccccc1-5)N(c1ccccc1)c1c(c(c5c6c1N(c1ccccc1)c1cc7c(c8c1B6c1c(cc6c(c1N8c1ccccc1)C(C)(C)c1ccccc1-6)N5c1ccccc1)C(C)(C)c1ccccc1-7)N3c1ccccc1)B42. The topological polar surface area (TPSA) is 16.2 Å². The van der Waals surface area contributed by atoms with E-state index in [-0.39, 0.29) is 30.2 Å². The summed E-state index contributed by atoms with van der Waals surface area (Å²) in [5.74, 6) is -0.174. The zero-order valence-electron chi connectivity index (χ0n) is 62.8. The molecule has 0 N–H and O–H groups in total. The molecular formula is C103H75B2N5. The molecule has 15 aromatic rings. The fraction of sp³-hybridized carbons (Fsp3) is 0.126. The Bertz CT molecular complexity index is 5920. The van der Waals surface area contributed by atoms with Crippen molar-refractivity contribution < 1.29 is 0 Å². The normalized spacial score (nSPS) is 16.7. The average molecular weight is 1400 g/mol. The molecule has 7 heteroatoms. The van der Waals surface area contributed by atoms with Crippen LogP contribution in [0.4, 0.5) is 85.3 Å². The van der Waals surface area contributed by atoms with Crippen LogP contribution in [-0.4, -0.2) is 13.4 Å². The molecule has 0 amide bonds. The summed E-state index contributed by atoms with van der Waals surface area (Å²) >= 11 is 0. The Hall–Kier alpha value is -12.6. The molecule has 0 atom stereocenters. The van der Waals surface area contributed by atoms with Crippen molar-refractivity contribution in [3.05, 3.63) is 365 Å². The molecule has 0 fully saturated rings. The van der Waals surface area contributed by atoms with Crippen LogP contribution in [0.1, 0.15) is 123 Å². The van der Waals surface area contributed by atoms with E-state index in [0.29, 0.717) is 0 Å². The maximum absolute atomic E-state index is 2.82. The van der Waals surface area contributed by atoms with Crippen molar-refractivity contribution in [3.8, 4) is 44.5 Å². The molecule has 0 saturated carbocycles. The first-order valence-electron chi connectivity index (χ1n) is 39.5. The van der Waals surface area contributed by atoms with Gasteiger partial charge in [0.25, 0.3) is 13.4 Å². The highest BCUT2D eigenvalue weighted by molar-refractivity contribution is 7.05. The van der Waals surface area contributed by atoms with Crippen molar-refractivity contribution >= 4 is 132 Å². The maximum atomic E-state index is 2.82. The van der Waals surface area contributed by atoms with E-state index in [1.807, 2.05) is 0 Å². The third-order valence-corrected chi connectivity index (χ3v) is 27.8. The highest BCUT2D eigenvalue weighted by atomic mass is 15.3. The smallest absolute Gasteiger partial charge is 0.257 e. The van der Waals surface area contributed by atoms with Crippen molar-refractivity contribution in [1.82, 2.24) is 0 Å². The van der Waals surface area contributed by atoms with Crippen molar-refractivity contribution in [3.63, 3.8) is 0 Å². The van der Waals surface area contributed by atoms with Gasteiger partial charge in [0.2, 0.25) is 0 Å². The molecule has 4 aliphatic carbocycles. The molecule has 0 bridgehead atoms. The summed E-state index contributed by atoms with van der Waals surface area (Å²) in [5, 5.41) is 0. The lowest BCUT2D eigenvalue weighted by atomic mass is 9.27. The minimum atomic E-state index is -0.427. The molecule has 0 saturated heterocycles. The first kappa shape index (κ1) is 61.4. The fourth-order valence-electron chi connectivity index (χ4n) is 23.8. The Morgan fingerprint density at radius 3 is 0.764 bits per heavy atom. The van der Waals surface area contributed by atoms with Gasteiger partial charge in [-0.3, -0.25) is 0 Å². The number of hydrogen-bond donors (Lipinski definition) is 0. The van der Waals surface area contributed by atoms with Gasteiger partial charge in [0, 0.05) is 90.1 Å². The number of fused-ring (bicyclic) bond motifs is 18. The van der Waals surface area contributed by atoms with E-state index in [4.69, 9.17) is 0 Å². The van der Waals surface area contributed by atoms with Gasteiger partial charge < -0.3 is 24.5 Å². The van der Waals surface area contributed by atoms with Gasteiger partial charge >= 0.3 is 0 Å². The standard InChI is InChI=1S/C103H75B2N5/c1-100(2)73-51-31-27-47-65(73)69-55-77-88-82(84(69)100)81(59-35-15-9-16-36-59)83-85-70(66-48-28-32-52-74(66)101(85,3)4)56-78-89(83)104(88)92-96(106(77)60-37-17-10-18-38-60)98-93-99(97(92)107(78)61-39-19-11-20-40-61)109(63-43-23-13-24-44-63)80-58-72-68-50-30-34-54-76(68)103(7,8)87(72)95-91(80)105(93)90-79(108(98)62-41-21-12-22-42-62)57-71-67-49-29-33-53-75(67)102(5,6)86(71)94(90)110(95)64-45-25-14-26-46-64/h9-58,81H,1-8H3. The molecule has 25 rings (SSSR count). The van der Waals surface area contributed by atoms with Crippen LogP contribution in [0.3, 0.4) is 0 Å². The minimum absolute atomic E-state index is 0.174. The van der Waals surface area contributed by atoms with Gasteiger partial charge in [-0.2, -0.15) is 0 Å². The average Bonchev–Trinajstić information content (AvgIpc) is 0.966. The Balaban J connectivity index is 0.966. The zero-order valence-corrected chi connectivity index (χ0v) is 62.8. The summed E-state index contributed by atoms with van der Waals surface area (Å²) < 4.78 is 0. The van der Waals surface area contributed by atoms with Crippen LogP contribution in [-0.2, 0) is 21.7 Å². The van der Waals surface area contributed by atoms with Crippen molar-refractivity contribution in [2.24, 2.45) is 0 Å². The highest BCUT2D eigenvalue weighted by Gasteiger charge is 2.63. The van der Waals surface area contributed by atoms with Crippen molar-refractivity contribution in [2.75, 3.05) is 24.5 Å². The third kappa shape index (κ3) is 7.21. The number of rotatable bonds is 6. The molecule has 0 spiro atoms. The lowest BCUT2D eigenvalue weighted by Gasteiger charge is -2.56. The monoisotopic (exact) mass is 1400 g/mol. The molecule has 6 heterocycles. The second-order valence-electron chi connectivity index (χ2n) is 34.4. The van der Waals surface area contributed by atoms with Gasteiger partial charge in [-0.15, -0.1) is 0 Å². The lowest BCUT2D eigenvalue weighted by Crippen LogP contribution is -2.70. The van der Waals surface area contributed by atoms with E-state index >= 15 is 0 Å². The number of anilines is 15. The van der Waals surface area contributed by atoms with Gasteiger partial charge in [-0.1, -0.05) is 274 Å². The first-order chi connectivity index (χ1) is 53.7. The molecule has 518 valence electrons. The highest BCUT2D eigenvalue weighted by Crippen LogP contribution is 2.68. The fourth-order valence-corrected chi connectivity index (χ4v) is 23.8. The molecule has 110 heavy (non-hydrogen) atoms. The Morgan fingerprint density at radius 1 is 0.218 bits per heavy atom. The Kier molecular flexibility index (Phi) is 11.6. The Labute approximate surface area is 643 Å². The largest absolute Gasteiger partial charge is 0.311 e. The van der Waals surface area contributed by atoms with E-state index in [2.05, 4.69) is 383 Å². The number of hydrogen-bond acceptors (Lipinski definition) is 5. The Morgan fingerprint density at radius 2 is 0.455 bits per heavy atom. The summed E-state index contributed by atoms with van der Waals surface area (Å²) in [7, 11) is 0. The van der Waals surface area contributed by atoms with Crippen LogP contribution in [0.5, 0.6) is 0 Å². The third-order valence-electron chi connectivity index (χ3n) is 27.8. The zero-order chi connectivity index (χ0) is 73.1. The summed E-state index contributed by atoms with van der Waals surface area (Å²) in [6.07, 6.45) is 0. The van der Waals surface area contributed by atoms with E-state index in [0.717, 1.165) is 28.4 Å². The van der Waals surface area contributed by atoms with E-state index in [1.165, 1.54) is 195 Å². The predicted octanol–water partition coefficient (Wildman–Crippen LogP) is 22.4. The van der Waals surface area contributed by atoms with Gasteiger partial charge in [-0.25, -0.2) is 0 Å². The second-order valence-corrected chi connectivity index (χ2v) is 34.4. The molecule has 15 aromatic carbocycles. The van der Waals surface area contributed by atoms with Crippen LogP contribution < -0.4 is 57.3 Å². The van der Waals surface area contributed by atoms with Crippen LogP contribution in [0.15, 0.2) is 303 Å². The summed E-state index contributed by atoms with van der Waals surface area (Å²) in [6, 6.07) is 118. The molecule has 0 radical (unpaired) electrons. The van der Waals surface area contributed by atoms with Crippen LogP contribution >= 0.6 is 0 Å². The lowest BCUT2D eigenvalue weighted by molar-refractivity contribution is 0.638. The molecular weight excluding hydrogens is 1330 g/mol. The number of benzene rings is 15. The molecule has 5 nitrogen and oxygen atoms in total. The van der Waals surface area contributed by atoms with Gasteiger partial charge in [0.1, 0.15) is 0 Å². The van der Waals surface area contributed by atoms with E-state index in [1.54, 1.807) is 0 Å². The van der Waals surface area contributed by atoms with Gasteiger partial charge in [0.15, 0.2) is 0 Å². The van der Waals surface area contributed by atoms with Crippen LogP contribution in [0.2, 0.25) is 0 Å². The molecule has 0 unspecified atom stereocenters. The van der Waals surface area contributed by atoms with Crippen LogP contribution in [0, 0.1) is 0 Å². The molecule has 6 aliphatic heterocycles.